The number of alkyl halides is 1. The second-order valence-corrected chi connectivity index (χ2v) is 3.30. The molecule has 4 nitrogen and oxygen atoms in total. The van der Waals surface area contributed by atoms with E-state index in [-0.39, 0.29) is 17.0 Å². The lowest BCUT2D eigenvalue weighted by Gasteiger charge is -2.11. The average molecular weight is 216 g/mol. The van der Waals surface area contributed by atoms with Crippen LogP contribution in [0.15, 0.2) is 18.2 Å². The highest BCUT2D eigenvalue weighted by atomic mass is 35.5. The second kappa shape index (κ2) is 4.19. The fourth-order valence-corrected chi connectivity index (χ4v) is 1.10. The van der Waals surface area contributed by atoms with Gasteiger partial charge in [0, 0.05) is 0 Å². The van der Waals surface area contributed by atoms with E-state index in [2.05, 4.69) is 0 Å². The van der Waals surface area contributed by atoms with Crippen molar-refractivity contribution in [1.82, 2.24) is 0 Å². The Kier molecular flexibility index (Phi) is 3.19. The summed E-state index contributed by atoms with van der Waals surface area (Å²) in [6, 6.07) is 4.53. The zero-order chi connectivity index (χ0) is 10.7. The van der Waals surface area contributed by atoms with E-state index in [1.165, 1.54) is 6.07 Å². The van der Waals surface area contributed by atoms with Gasteiger partial charge in [-0.2, -0.15) is 0 Å². The number of anilines is 1. The molecule has 3 N–H and O–H groups in total. The van der Waals surface area contributed by atoms with Gasteiger partial charge in [-0.15, -0.1) is 0 Å². The summed E-state index contributed by atoms with van der Waals surface area (Å²) in [4.78, 5) is 10.7. The Morgan fingerprint density at radius 2 is 2.29 bits per heavy atom. The zero-order valence-corrected chi connectivity index (χ0v) is 8.28. The van der Waals surface area contributed by atoms with Crippen LogP contribution in [0.3, 0.4) is 0 Å². The van der Waals surface area contributed by atoms with Gasteiger partial charge in [-0.3, -0.25) is 0 Å². The molecule has 0 heterocycles. The summed E-state index contributed by atoms with van der Waals surface area (Å²) in [6.07, 6.45) is 0. The molecule has 0 saturated carbocycles. The van der Waals surface area contributed by atoms with Gasteiger partial charge in [-0.1, -0.05) is 17.7 Å². The minimum Gasteiger partial charge on any atom is -0.478 e. The van der Waals surface area contributed by atoms with Crippen molar-refractivity contribution in [2.75, 3.05) is 5.73 Å². The zero-order valence-electron chi connectivity index (χ0n) is 7.53. The quantitative estimate of drug-likeness (QED) is 0.597. The molecule has 0 spiro atoms. The number of rotatable bonds is 3. The van der Waals surface area contributed by atoms with Crippen LogP contribution in [0.2, 0.25) is 0 Å². The van der Waals surface area contributed by atoms with Gasteiger partial charge in [0.1, 0.15) is 5.75 Å². The average Bonchev–Trinajstić information content (AvgIpc) is 2.07. The van der Waals surface area contributed by atoms with Crippen LogP contribution in [0.1, 0.15) is 17.3 Å². The van der Waals surface area contributed by atoms with E-state index >= 15 is 0 Å². The van der Waals surface area contributed by atoms with Crippen LogP contribution in [0.5, 0.6) is 5.75 Å². The number of hydrogen-bond donors (Lipinski definition) is 2. The summed E-state index contributed by atoms with van der Waals surface area (Å²) >= 11 is 5.59. The van der Waals surface area contributed by atoms with Crippen LogP contribution < -0.4 is 10.5 Å². The molecule has 1 rings (SSSR count). The van der Waals surface area contributed by atoms with E-state index in [1.54, 1.807) is 19.1 Å². The molecule has 1 aromatic rings. The summed E-state index contributed by atoms with van der Waals surface area (Å²) in [5.41, 5.74) is 5.12. The molecule has 0 radical (unpaired) electrons. The van der Waals surface area contributed by atoms with Gasteiger partial charge in [-0.25, -0.2) is 4.79 Å². The number of carbonyl (C=O) groups is 1. The van der Waals surface area contributed by atoms with Crippen molar-refractivity contribution in [2.45, 2.75) is 12.5 Å². The molecule has 76 valence electrons. The minimum atomic E-state index is -1.09. The molecule has 0 aliphatic rings. The van der Waals surface area contributed by atoms with Crippen molar-refractivity contribution in [3.63, 3.8) is 0 Å². The normalized spacial score (nSPS) is 12.1. The lowest BCUT2D eigenvalue weighted by Crippen LogP contribution is -2.08. The maximum absolute atomic E-state index is 10.7. The number of aromatic carboxylic acids is 1. The third kappa shape index (κ3) is 2.29. The molecule has 0 aromatic heterocycles. The molecule has 0 aliphatic carbocycles. The number of nitrogens with two attached hydrogens (primary N) is 1. The summed E-state index contributed by atoms with van der Waals surface area (Å²) in [5, 5.41) is 8.76. The first-order valence-electron chi connectivity index (χ1n) is 3.95. The number of nitrogen functional groups attached to an aromatic ring is 1. The second-order valence-electron chi connectivity index (χ2n) is 2.68. The molecular weight excluding hydrogens is 206 g/mol. The molecule has 5 heteroatoms. The largest absolute Gasteiger partial charge is 0.478 e. The fraction of sp³-hybridized carbons (Fsp3) is 0.222. The number of ether oxygens (including phenoxy) is 1. The first-order chi connectivity index (χ1) is 6.52. The van der Waals surface area contributed by atoms with Crippen molar-refractivity contribution in [3.05, 3.63) is 23.8 Å². The maximum Gasteiger partial charge on any atom is 0.337 e. The van der Waals surface area contributed by atoms with Crippen LogP contribution in [-0.4, -0.2) is 16.6 Å². The molecule has 1 atom stereocenters. The Balaban J connectivity index is 3.07. The van der Waals surface area contributed by atoms with Crippen molar-refractivity contribution >= 4 is 23.3 Å². The summed E-state index contributed by atoms with van der Waals surface area (Å²) in [7, 11) is 0. The van der Waals surface area contributed by atoms with E-state index in [9.17, 15) is 4.79 Å². The predicted molar refractivity (Wildman–Crippen MR) is 53.8 cm³/mol. The Morgan fingerprint density at radius 1 is 1.64 bits per heavy atom. The number of para-hydroxylation sites is 1. The number of carboxylic acid groups (broad SMARTS) is 1. The summed E-state index contributed by atoms with van der Waals surface area (Å²) in [5.74, 6) is -0.803. The summed E-state index contributed by atoms with van der Waals surface area (Å²) in [6.45, 7) is 1.62. The third-order valence-corrected chi connectivity index (χ3v) is 1.67. The molecule has 1 aromatic carbocycles. The summed E-state index contributed by atoms with van der Waals surface area (Å²) < 4.78 is 5.11. The van der Waals surface area contributed by atoms with Crippen molar-refractivity contribution in [1.29, 1.82) is 0 Å². The lowest BCUT2D eigenvalue weighted by molar-refractivity contribution is 0.0697. The number of carboxylic acids is 1. The van der Waals surface area contributed by atoms with Gasteiger partial charge in [0.2, 0.25) is 0 Å². The van der Waals surface area contributed by atoms with Crippen LogP contribution in [0.4, 0.5) is 5.69 Å². The molecule has 0 fully saturated rings. The van der Waals surface area contributed by atoms with Crippen molar-refractivity contribution in [3.8, 4) is 5.75 Å². The molecule has 0 amide bonds. The Bertz CT molecular complexity index is 352. The first-order valence-corrected chi connectivity index (χ1v) is 4.38. The van der Waals surface area contributed by atoms with Crippen LogP contribution in [-0.2, 0) is 0 Å². The first kappa shape index (κ1) is 10.7. The fourth-order valence-electron chi connectivity index (χ4n) is 1.01. The number of benzene rings is 1. The topological polar surface area (TPSA) is 72.5 Å². The van der Waals surface area contributed by atoms with E-state index in [1.807, 2.05) is 0 Å². The molecule has 0 saturated heterocycles. The van der Waals surface area contributed by atoms with Gasteiger partial charge in [0.05, 0.1) is 11.3 Å². The van der Waals surface area contributed by atoms with E-state index in [0.29, 0.717) is 0 Å². The highest BCUT2D eigenvalue weighted by molar-refractivity contribution is 6.19. The van der Waals surface area contributed by atoms with Crippen molar-refractivity contribution < 1.29 is 14.6 Å². The lowest BCUT2D eigenvalue weighted by atomic mass is 10.1. The van der Waals surface area contributed by atoms with E-state index < -0.39 is 11.5 Å². The van der Waals surface area contributed by atoms with Gasteiger partial charge >= 0.3 is 5.97 Å². The number of hydrogen-bond acceptors (Lipinski definition) is 3. The highest BCUT2D eigenvalue weighted by Gasteiger charge is 2.12. The standard InChI is InChI=1S/C9H10ClNO3/c1-5(10)14-7-4-2-3-6(8(7)11)9(12)13/h2-5H,11H2,1H3,(H,12,13). The van der Waals surface area contributed by atoms with Crippen LogP contribution in [0.25, 0.3) is 0 Å². The highest BCUT2D eigenvalue weighted by Crippen LogP contribution is 2.26. The van der Waals surface area contributed by atoms with Gasteiger partial charge < -0.3 is 15.6 Å². The Hall–Kier alpha value is -1.42. The van der Waals surface area contributed by atoms with Gasteiger partial charge in [0.15, 0.2) is 5.56 Å². The molecule has 0 bridgehead atoms. The monoisotopic (exact) mass is 215 g/mol. The Morgan fingerprint density at radius 3 is 2.79 bits per heavy atom. The SMILES string of the molecule is CC(Cl)Oc1cccc(C(=O)O)c1N. The van der Waals surface area contributed by atoms with Crippen LogP contribution >= 0.6 is 11.6 Å². The van der Waals surface area contributed by atoms with Crippen molar-refractivity contribution in [2.24, 2.45) is 0 Å². The molecule has 0 aliphatic heterocycles. The smallest absolute Gasteiger partial charge is 0.337 e. The molecule has 1 unspecified atom stereocenters. The maximum atomic E-state index is 10.7. The van der Waals surface area contributed by atoms with E-state index in [0.717, 1.165) is 0 Å². The minimum absolute atomic E-state index is 0.0137. The van der Waals surface area contributed by atoms with Crippen LogP contribution in [0, 0.1) is 0 Å². The van der Waals surface area contributed by atoms with Gasteiger partial charge in [0.25, 0.3) is 0 Å². The van der Waals surface area contributed by atoms with E-state index in [4.69, 9.17) is 27.2 Å². The molecule has 14 heavy (non-hydrogen) atoms. The molecular formula is C9H10ClNO3. The predicted octanol–water partition coefficient (Wildman–Crippen LogP) is 1.93. The Labute approximate surface area is 86.2 Å². The van der Waals surface area contributed by atoms with Gasteiger partial charge in [-0.05, 0) is 19.1 Å². The third-order valence-electron chi connectivity index (χ3n) is 1.59. The number of halogens is 1.